The molecule has 0 unspecified atom stereocenters. The van der Waals surface area contributed by atoms with Crippen LogP contribution in [0.4, 0.5) is 4.79 Å². The van der Waals surface area contributed by atoms with E-state index in [1.807, 2.05) is 32.9 Å². The van der Waals surface area contributed by atoms with Gasteiger partial charge in [0.2, 0.25) is 11.8 Å². The van der Waals surface area contributed by atoms with Crippen LogP contribution in [0, 0.1) is 0 Å². The summed E-state index contributed by atoms with van der Waals surface area (Å²) in [6, 6.07) is 7.92. The standard InChI is InChI=1S/C19H26BN3O3/c1-19(2,3)26-18(24)23-12-6-7-15(23)17-22-21-16(25-17)13-8-10-14(11-9-13)20(4)5/h8-11,15H,6-7,12H2,1-5H3/t15-/m0/s1. The third kappa shape index (κ3) is 4.08. The maximum Gasteiger partial charge on any atom is 0.410 e. The van der Waals surface area contributed by atoms with Crippen molar-refractivity contribution in [1.29, 1.82) is 0 Å². The Hall–Kier alpha value is -2.31. The van der Waals surface area contributed by atoms with Crippen LogP contribution in [0.3, 0.4) is 0 Å². The van der Waals surface area contributed by atoms with E-state index in [-0.39, 0.29) is 12.1 Å². The van der Waals surface area contributed by atoms with E-state index in [0.29, 0.717) is 25.0 Å². The lowest BCUT2D eigenvalue weighted by Crippen LogP contribution is -2.36. The largest absolute Gasteiger partial charge is 0.444 e. The van der Waals surface area contributed by atoms with Crippen molar-refractivity contribution in [3.63, 3.8) is 0 Å². The molecule has 7 heteroatoms. The van der Waals surface area contributed by atoms with Crippen LogP contribution in [0.1, 0.15) is 45.5 Å². The van der Waals surface area contributed by atoms with E-state index < -0.39 is 5.60 Å². The van der Waals surface area contributed by atoms with Crippen LogP contribution in [-0.4, -0.2) is 40.0 Å². The summed E-state index contributed by atoms with van der Waals surface area (Å²) >= 11 is 0. The van der Waals surface area contributed by atoms with Gasteiger partial charge >= 0.3 is 6.09 Å². The molecule has 1 amide bonds. The molecule has 26 heavy (non-hydrogen) atoms. The molecule has 1 aliphatic heterocycles. The average molecular weight is 355 g/mol. The summed E-state index contributed by atoms with van der Waals surface area (Å²) in [6.07, 6.45) is 1.36. The molecule has 3 rings (SSSR count). The molecule has 0 N–H and O–H groups in total. The topological polar surface area (TPSA) is 68.5 Å². The van der Waals surface area contributed by atoms with Gasteiger partial charge in [0.05, 0.1) is 0 Å². The van der Waals surface area contributed by atoms with Gasteiger partial charge in [-0.25, -0.2) is 4.79 Å². The van der Waals surface area contributed by atoms with Gasteiger partial charge in [0.1, 0.15) is 11.6 Å². The molecule has 1 fully saturated rings. The quantitative estimate of drug-likeness (QED) is 0.784. The maximum atomic E-state index is 12.4. The van der Waals surface area contributed by atoms with Crippen LogP contribution in [0.2, 0.25) is 13.6 Å². The van der Waals surface area contributed by atoms with Crippen LogP contribution in [0.15, 0.2) is 28.7 Å². The van der Waals surface area contributed by atoms with Gasteiger partial charge in [-0.05, 0) is 33.6 Å². The van der Waals surface area contributed by atoms with Crippen LogP contribution in [0.25, 0.3) is 11.5 Å². The molecule has 1 aromatic heterocycles. The average Bonchev–Trinajstić information content (AvgIpc) is 3.22. The van der Waals surface area contributed by atoms with Gasteiger partial charge in [-0.15, -0.1) is 10.2 Å². The van der Waals surface area contributed by atoms with Gasteiger partial charge in [0, 0.05) is 12.1 Å². The fourth-order valence-corrected chi connectivity index (χ4v) is 3.06. The summed E-state index contributed by atoms with van der Waals surface area (Å²) in [4.78, 5) is 14.1. The monoisotopic (exact) mass is 355 g/mol. The van der Waals surface area contributed by atoms with Gasteiger partial charge in [-0.3, -0.25) is 4.90 Å². The SMILES string of the molecule is CB(C)c1ccc(-c2nnc([C@@H]3CCCN3C(=O)OC(C)(C)C)o2)cc1. The molecule has 6 nitrogen and oxygen atoms in total. The number of nitrogens with zero attached hydrogens (tertiary/aromatic N) is 3. The molecule has 1 aromatic carbocycles. The predicted octanol–water partition coefficient (Wildman–Crippen LogP) is 3.77. The van der Waals surface area contributed by atoms with E-state index in [1.54, 1.807) is 4.90 Å². The number of aromatic nitrogens is 2. The van der Waals surface area contributed by atoms with E-state index in [4.69, 9.17) is 9.15 Å². The van der Waals surface area contributed by atoms with Gasteiger partial charge in [-0.2, -0.15) is 0 Å². The molecule has 2 heterocycles. The molecular weight excluding hydrogens is 329 g/mol. The first-order chi connectivity index (χ1) is 12.2. The van der Waals surface area contributed by atoms with Crippen molar-refractivity contribution in [1.82, 2.24) is 15.1 Å². The van der Waals surface area contributed by atoms with Gasteiger partial charge in [0.25, 0.3) is 0 Å². The van der Waals surface area contributed by atoms with Crippen molar-refractivity contribution < 1.29 is 13.9 Å². The lowest BCUT2D eigenvalue weighted by molar-refractivity contribution is 0.0204. The number of carbonyl (C=O) groups excluding carboxylic acids is 1. The lowest BCUT2D eigenvalue weighted by atomic mass is 9.49. The minimum Gasteiger partial charge on any atom is -0.444 e. The van der Waals surface area contributed by atoms with Crippen molar-refractivity contribution in [2.45, 2.75) is 58.9 Å². The third-order valence-corrected chi connectivity index (χ3v) is 4.43. The molecule has 0 aliphatic carbocycles. The van der Waals surface area contributed by atoms with Gasteiger partial charge in [-0.1, -0.05) is 43.4 Å². The lowest BCUT2D eigenvalue weighted by Gasteiger charge is -2.27. The Morgan fingerprint density at radius 3 is 2.54 bits per heavy atom. The van der Waals surface area contributed by atoms with Crippen molar-refractivity contribution in [2.75, 3.05) is 6.54 Å². The molecule has 1 atom stereocenters. The Balaban J connectivity index is 1.77. The number of benzene rings is 1. The zero-order chi connectivity index (χ0) is 18.9. The number of ether oxygens (including phenoxy) is 1. The van der Waals surface area contributed by atoms with Crippen LogP contribution in [-0.2, 0) is 4.74 Å². The Morgan fingerprint density at radius 1 is 1.23 bits per heavy atom. The van der Waals surface area contributed by atoms with Crippen molar-refractivity contribution in [3.8, 4) is 11.5 Å². The van der Waals surface area contributed by atoms with Gasteiger partial charge < -0.3 is 9.15 Å². The van der Waals surface area contributed by atoms with Crippen LogP contribution in [0.5, 0.6) is 0 Å². The first-order valence-electron chi connectivity index (χ1n) is 9.18. The van der Waals surface area contributed by atoms with Crippen LogP contribution >= 0.6 is 0 Å². The number of hydrogen-bond acceptors (Lipinski definition) is 5. The second kappa shape index (κ2) is 7.13. The maximum absolute atomic E-state index is 12.4. The van der Waals surface area contributed by atoms with Crippen molar-refractivity contribution in [2.24, 2.45) is 0 Å². The normalized spacial score (nSPS) is 17.4. The number of carbonyl (C=O) groups is 1. The van der Waals surface area contributed by atoms with E-state index in [0.717, 1.165) is 18.4 Å². The Kier molecular flexibility index (Phi) is 5.07. The number of rotatable bonds is 3. The van der Waals surface area contributed by atoms with E-state index in [1.165, 1.54) is 5.46 Å². The Labute approximate surface area is 155 Å². The first kappa shape index (κ1) is 18.5. The summed E-state index contributed by atoms with van der Waals surface area (Å²) in [6.45, 7) is 11.0. The number of amides is 1. The molecule has 138 valence electrons. The minimum absolute atomic E-state index is 0.221. The summed E-state index contributed by atoms with van der Waals surface area (Å²) in [5.74, 6) is 0.947. The third-order valence-electron chi connectivity index (χ3n) is 4.43. The van der Waals surface area contributed by atoms with E-state index in [9.17, 15) is 4.79 Å². The van der Waals surface area contributed by atoms with Gasteiger partial charge in [0.15, 0.2) is 6.71 Å². The Bertz CT molecular complexity index is 765. The molecule has 0 radical (unpaired) electrons. The smallest absolute Gasteiger partial charge is 0.410 e. The molecule has 0 spiro atoms. The first-order valence-corrected chi connectivity index (χ1v) is 9.18. The highest BCUT2D eigenvalue weighted by Crippen LogP contribution is 2.33. The highest BCUT2D eigenvalue weighted by atomic mass is 16.6. The number of likely N-dealkylation sites (tertiary alicyclic amines) is 1. The molecule has 0 saturated carbocycles. The van der Waals surface area contributed by atoms with Crippen LogP contribution < -0.4 is 5.46 Å². The van der Waals surface area contributed by atoms with Crippen molar-refractivity contribution in [3.05, 3.63) is 30.2 Å². The Morgan fingerprint density at radius 2 is 1.92 bits per heavy atom. The van der Waals surface area contributed by atoms with E-state index >= 15 is 0 Å². The zero-order valence-electron chi connectivity index (χ0n) is 16.2. The molecule has 1 saturated heterocycles. The molecule has 2 aromatic rings. The van der Waals surface area contributed by atoms with E-state index in [2.05, 4.69) is 36.0 Å². The molecule has 1 aliphatic rings. The summed E-state index contributed by atoms with van der Waals surface area (Å²) in [5.41, 5.74) is 1.62. The number of hydrogen-bond donors (Lipinski definition) is 0. The highest BCUT2D eigenvalue weighted by molar-refractivity contribution is 6.70. The second-order valence-corrected chi connectivity index (χ2v) is 8.05. The van der Waals surface area contributed by atoms with Crippen molar-refractivity contribution >= 4 is 18.3 Å². The zero-order valence-corrected chi connectivity index (χ0v) is 16.2. The fraction of sp³-hybridized carbons (Fsp3) is 0.526. The second-order valence-electron chi connectivity index (χ2n) is 8.05. The minimum atomic E-state index is -0.525. The molecular formula is C19H26BN3O3. The summed E-state index contributed by atoms with van der Waals surface area (Å²) < 4.78 is 11.4. The molecule has 0 bridgehead atoms. The fourth-order valence-electron chi connectivity index (χ4n) is 3.06. The predicted molar refractivity (Wildman–Crippen MR) is 102 cm³/mol. The highest BCUT2D eigenvalue weighted by Gasteiger charge is 2.36. The summed E-state index contributed by atoms with van der Waals surface area (Å²) in [7, 11) is 0. The summed E-state index contributed by atoms with van der Waals surface area (Å²) in [5, 5.41) is 8.37.